The molecule has 0 aromatic carbocycles. The first kappa shape index (κ1) is 12.4. The number of carbonyl (C=O) groups excluding carboxylic acids is 1. The van der Waals surface area contributed by atoms with E-state index in [4.69, 9.17) is 11.6 Å². The van der Waals surface area contributed by atoms with Gasteiger partial charge in [0.25, 0.3) is 0 Å². The maximum Gasteiger partial charge on any atom is 0.234 e. The molecule has 2 N–H and O–H groups in total. The van der Waals surface area contributed by atoms with Gasteiger partial charge in [-0.15, -0.1) is 11.3 Å². The van der Waals surface area contributed by atoms with Gasteiger partial charge in [-0.05, 0) is 34.8 Å². The zero-order chi connectivity index (χ0) is 11.5. The summed E-state index contributed by atoms with van der Waals surface area (Å²) in [5.74, 6) is 0.0734. The highest BCUT2D eigenvalue weighted by molar-refractivity contribution is 9.10. The molecule has 3 nitrogen and oxygen atoms in total. The lowest BCUT2D eigenvalue weighted by molar-refractivity contribution is -0.120. The Morgan fingerprint density at radius 2 is 2.38 bits per heavy atom. The largest absolute Gasteiger partial charge is 0.352 e. The van der Waals surface area contributed by atoms with E-state index in [0.29, 0.717) is 19.1 Å². The number of amides is 1. The minimum atomic E-state index is 0.0734. The fraction of sp³-hybridized carbons (Fsp3) is 0.500. The molecule has 0 unspecified atom stereocenters. The van der Waals surface area contributed by atoms with Gasteiger partial charge in [-0.25, -0.2) is 0 Å². The summed E-state index contributed by atoms with van der Waals surface area (Å²) in [6.07, 6.45) is 2.25. The monoisotopic (exact) mass is 322 g/mol. The Balaban J connectivity index is 1.68. The van der Waals surface area contributed by atoms with Gasteiger partial charge in [0.05, 0.1) is 6.54 Å². The fourth-order valence-corrected chi connectivity index (χ4v) is 3.04. The van der Waals surface area contributed by atoms with Crippen LogP contribution in [0, 0.1) is 0 Å². The van der Waals surface area contributed by atoms with Crippen molar-refractivity contribution in [2.45, 2.75) is 25.4 Å². The van der Waals surface area contributed by atoms with E-state index in [-0.39, 0.29) is 5.91 Å². The smallest absolute Gasteiger partial charge is 0.234 e. The van der Waals surface area contributed by atoms with Crippen molar-refractivity contribution in [3.05, 3.63) is 19.8 Å². The van der Waals surface area contributed by atoms with Gasteiger partial charge in [0.15, 0.2) is 0 Å². The van der Waals surface area contributed by atoms with Crippen molar-refractivity contribution >= 4 is 44.8 Å². The highest BCUT2D eigenvalue weighted by Crippen LogP contribution is 2.31. The molecular formula is C10H12BrClN2OS. The summed E-state index contributed by atoms with van der Waals surface area (Å²) in [6, 6.07) is 2.40. The molecule has 6 heteroatoms. The van der Waals surface area contributed by atoms with Gasteiger partial charge in [-0.1, -0.05) is 11.6 Å². The Kier molecular flexibility index (Phi) is 4.24. The highest BCUT2D eigenvalue weighted by Gasteiger charge is 2.22. The summed E-state index contributed by atoms with van der Waals surface area (Å²) in [5, 5.41) is 6.02. The number of thiophene rings is 1. The van der Waals surface area contributed by atoms with Crippen molar-refractivity contribution in [2.24, 2.45) is 0 Å². The quantitative estimate of drug-likeness (QED) is 0.874. The molecule has 88 valence electrons. The average Bonchev–Trinajstić information content (AvgIpc) is 2.95. The average molecular weight is 324 g/mol. The van der Waals surface area contributed by atoms with Gasteiger partial charge < -0.3 is 10.6 Å². The Bertz CT molecular complexity index is 373. The summed E-state index contributed by atoms with van der Waals surface area (Å²) in [4.78, 5) is 12.5. The molecule has 0 saturated heterocycles. The lowest BCUT2D eigenvalue weighted by Gasteiger charge is -2.03. The van der Waals surface area contributed by atoms with Gasteiger partial charge >= 0.3 is 0 Å². The van der Waals surface area contributed by atoms with Crippen LogP contribution in [0.1, 0.15) is 17.7 Å². The molecule has 1 amide bonds. The second-order valence-corrected chi connectivity index (χ2v) is 6.37. The number of nitrogens with one attached hydrogen (secondary N) is 2. The van der Waals surface area contributed by atoms with Crippen LogP contribution in [0.5, 0.6) is 0 Å². The topological polar surface area (TPSA) is 41.1 Å². The van der Waals surface area contributed by atoms with Crippen molar-refractivity contribution in [3.8, 4) is 0 Å². The van der Waals surface area contributed by atoms with Crippen LogP contribution < -0.4 is 10.6 Å². The van der Waals surface area contributed by atoms with Crippen LogP contribution in [0.2, 0.25) is 4.34 Å². The van der Waals surface area contributed by atoms with E-state index < -0.39 is 0 Å². The molecule has 1 aliphatic rings. The van der Waals surface area contributed by atoms with Crippen LogP contribution in [0.4, 0.5) is 0 Å². The molecule has 0 atom stereocenters. The number of halogens is 2. The van der Waals surface area contributed by atoms with Gasteiger partial charge in [0, 0.05) is 21.9 Å². The first-order valence-electron chi connectivity index (χ1n) is 5.09. The summed E-state index contributed by atoms with van der Waals surface area (Å²) in [7, 11) is 0. The SMILES string of the molecule is O=C(CNCc1cc(Br)c(Cl)s1)NC1CC1. The number of hydrogen-bond acceptors (Lipinski definition) is 3. The minimum Gasteiger partial charge on any atom is -0.352 e. The number of carbonyl (C=O) groups is 1. The molecule has 0 bridgehead atoms. The van der Waals surface area contributed by atoms with E-state index >= 15 is 0 Å². The Morgan fingerprint density at radius 3 is 2.94 bits per heavy atom. The van der Waals surface area contributed by atoms with Crippen LogP contribution in [0.3, 0.4) is 0 Å². The molecule has 0 spiro atoms. The lowest BCUT2D eigenvalue weighted by atomic mass is 10.4. The molecule has 0 radical (unpaired) electrons. The molecule has 1 aromatic heterocycles. The minimum absolute atomic E-state index is 0.0734. The molecule has 1 aliphatic carbocycles. The van der Waals surface area contributed by atoms with Crippen LogP contribution in [0.25, 0.3) is 0 Å². The van der Waals surface area contributed by atoms with E-state index in [1.165, 1.54) is 11.3 Å². The first-order chi connectivity index (χ1) is 7.65. The molecular weight excluding hydrogens is 312 g/mol. The van der Waals surface area contributed by atoms with Crippen molar-refractivity contribution in [2.75, 3.05) is 6.54 Å². The van der Waals surface area contributed by atoms with Crippen molar-refractivity contribution in [1.82, 2.24) is 10.6 Å². The Hall–Kier alpha value is -0.100. The van der Waals surface area contributed by atoms with Gasteiger partial charge in [-0.3, -0.25) is 4.79 Å². The summed E-state index contributed by atoms with van der Waals surface area (Å²) < 4.78 is 1.66. The summed E-state index contributed by atoms with van der Waals surface area (Å²) in [5.41, 5.74) is 0. The maximum atomic E-state index is 11.4. The standard InChI is InChI=1S/C10H12BrClN2OS/c11-8-3-7(16-10(8)12)4-13-5-9(15)14-6-1-2-6/h3,6,13H,1-2,4-5H2,(H,14,15). The van der Waals surface area contributed by atoms with Crippen LogP contribution in [-0.2, 0) is 11.3 Å². The van der Waals surface area contributed by atoms with Crippen LogP contribution in [-0.4, -0.2) is 18.5 Å². The predicted molar refractivity (Wildman–Crippen MR) is 69.9 cm³/mol. The third kappa shape index (κ3) is 3.73. The lowest BCUT2D eigenvalue weighted by Crippen LogP contribution is -2.34. The van der Waals surface area contributed by atoms with Crippen molar-refractivity contribution in [1.29, 1.82) is 0 Å². The Morgan fingerprint density at radius 1 is 1.62 bits per heavy atom. The third-order valence-corrected chi connectivity index (χ3v) is 4.70. The van der Waals surface area contributed by atoms with Crippen LogP contribution in [0.15, 0.2) is 10.5 Å². The molecule has 1 heterocycles. The van der Waals surface area contributed by atoms with E-state index in [9.17, 15) is 4.79 Å². The molecule has 1 aromatic rings. The molecule has 1 fully saturated rings. The van der Waals surface area contributed by atoms with E-state index in [1.807, 2.05) is 6.07 Å². The zero-order valence-electron chi connectivity index (χ0n) is 8.56. The van der Waals surface area contributed by atoms with Crippen molar-refractivity contribution in [3.63, 3.8) is 0 Å². The van der Waals surface area contributed by atoms with Gasteiger partial charge in [0.2, 0.25) is 5.91 Å². The van der Waals surface area contributed by atoms with E-state index in [0.717, 1.165) is 26.5 Å². The predicted octanol–water partition coefficient (Wildman–Crippen LogP) is 2.53. The Labute approximate surface area is 112 Å². The summed E-state index contributed by atoms with van der Waals surface area (Å²) in [6.45, 7) is 1.04. The van der Waals surface area contributed by atoms with E-state index in [2.05, 4.69) is 26.6 Å². The fourth-order valence-electron chi connectivity index (χ4n) is 1.28. The first-order valence-corrected chi connectivity index (χ1v) is 7.07. The van der Waals surface area contributed by atoms with E-state index in [1.54, 1.807) is 0 Å². The maximum absolute atomic E-state index is 11.4. The number of rotatable bonds is 5. The van der Waals surface area contributed by atoms with Crippen molar-refractivity contribution < 1.29 is 4.79 Å². The highest BCUT2D eigenvalue weighted by atomic mass is 79.9. The van der Waals surface area contributed by atoms with Gasteiger partial charge in [-0.2, -0.15) is 0 Å². The second-order valence-electron chi connectivity index (χ2n) is 3.78. The third-order valence-electron chi connectivity index (χ3n) is 2.22. The molecule has 1 saturated carbocycles. The zero-order valence-corrected chi connectivity index (χ0v) is 11.7. The van der Waals surface area contributed by atoms with Gasteiger partial charge in [0.1, 0.15) is 4.34 Å². The van der Waals surface area contributed by atoms with Crippen LogP contribution >= 0.6 is 38.9 Å². The normalized spacial score (nSPS) is 15.1. The molecule has 16 heavy (non-hydrogen) atoms. The molecule has 0 aliphatic heterocycles. The summed E-state index contributed by atoms with van der Waals surface area (Å²) >= 11 is 10.8. The second kappa shape index (κ2) is 5.49. The molecule has 2 rings (SSSR count). The number of hydrogen-bond donors (Lipinski definition) is 2.